The van der Waals surface area contributed by atoms with Crippen LogP contribution in [-0.2, 0) is 16.0 Å². The van der Waals surface area contributed by atoms with Crippen LogP contribution in [0.4, 0.5) is 5.69 Å². The van der Waals surface area contributed by atoms with Crippen LogP contribution in [0.2, 0.25) is 0 Å². The summed E-state index contributed by atoms with van der Waals surface area (Å²) < 4.78 is 10.4. The zero-order valence-corrected chi connectivity index (χ0v) is 11.4. The van der Waals surface area contributed by atoms with Crippen LogP contribution in [0.1, 0.15) is 12.5 Å². The van der Waals surface area contributed by atoms with Crippen LogP contribution in [0.3, 0.4) is 0 Å². The predicted molar refractivity (Wildman–Crippen MR) is 74.9 cm³/mol. The van der Waals surface area contributed by atoms with E-state index in [2.05, 4.69) is 36.1 Å². The van der Waals surface area contributed by atoms with Gasteiger partial charge >= 0.3 is 0 Å². The Morgan fingerprint density at radius 1 is 1.11 bits per heavy atom. The lowest BCUT2D eigenvalue weighted by molar-refractivity contribution is 0.0741. The van der Waals surface area contributed by atoms with E-state index in [0.717, 1.165) is 25.3 Å². The van der Waals surface area contributed by atoms with E-state index >= 15 is 0 Å². The molecule has 0 aromatic heterocycles. The van der Waals surface area contributed by atoms with Gasteiger partial charge in [0.25, 0.3) is 0 Å². The third-order valence-electron chi connectivity index (χ3n) is 2.86. The summed E-state index contributed by atoms with van der Waals surface area (Å²) in [5, 5.41) is 0. The monoisotopic (exact) mass is 252 g/mol. The Bertz CT molecular complexity index is 314. The smallest absolute Gasteiger partial charge is 0.0701 e. The lowest BCUT2D eigenvalue weighted by Crippen LogP contribution is -2.27. The lowest BCUT2D eigenvalue weighted by Gasteiger charge is -2.23. The molecule has 0 aliphatic heterocycles. The van der Waals surface area contributed by atoms with Crippen LogP contribution in [0.25, 0.3) is 0 Å². The summed E-state index contributed by atoms with van der Waals surface area (Å²) in [7, 11) is 1.68. The van der Waals surface area contributed by atoms with Gasteiger partial charge in [-0.1, -0.05) is 12.1 Å². The average Bonchev–Trinajstić information content (AvgIpc) is 2.43. The molecule has 0 saturated heterocycles. The highest BCUT2D eigenvalue weighted by molar-refractivity contribution is 5.47. The molecule has 4 nitrogen and oxygen atoms in total. The summed E-state index contributed by atoms with van der Waals surface area (Å²) in [5.74, 6) is 0. The normalized spacial score (nSPS) is 10.6. The zero-order valence-electron chi connectivity index (χ0n) is 11.4. The molecule has 0 amide bonds. The largest absolute Gasteiger partial charge is 0.382 e. The summed E-state index contributed by atoms with van der Waals surface area (Å²) in [6.45, 7) is 6.61. The first kappa shape index (κ1) is 15.0. The summed E-state index contributed by atoms with van der Waals surface area (Å²) in [5.41, 5.74) is 7.96. The highest BCUT2D eigenvalue weighted by Crippen LogP contribution is 2.14. The second-order valence-electron chi connectivity index (χ2n) is 4.06. The Hall–Kier alpha value is -1.10. The number of likely N-dealkylation sites (N-methyl/N-ethyl adjacent to an activating group) is 1. The third kappa shape index (κ3) is 5.04. The molecule has 4 heteroatoms. The molecule has 0 aliphatic carbocycles. The fraction of sp³-hybridized carbons (Fsp3) is 0.571. The van der Waals surface area contributed by atoms with Gasteiger partial charge in [-0.2, -0.15) is 0 Å². The summed E-state index contributed by atoms with van der Waals surface area (Å²) in [6, 6.07) is 8.37. The molecule has 2 N–H and O–H groups in total. The van der Waals surface area contributed by atoms with Gasteiger partial charge < -0.3 is 20.1 Å². The topological polar surface area (TPSA) is 47.7 Å². The Labute approximate surface area is 110 Å². The van der Waals surface area contributed by atoms with E-state index in [9.17, 15) is 0 Å². The molecule has 0 bridgehead atoms. The molecule has 1 aromatic carbocycles. The van der Waals surface area contributed by atoms with Crippen molar-refractivity contribution in [1.82, 2.24) is 0 Å². The van der Waals surface area contributed by atoms with E-state index in [1.165, 1.54) is 5.69 Å². The zero-order chi connectivity index (χ0) is 13.2. The SMILES string of the molecule is CCN(CCOCCOC)c1ccc(CN)cc1. The van der Waals surface area contributed by atoms with E-state index in [0.29, 0.717) is 19.8 Å². The van der Waals surface area contributed by atoms with Gasteiger partial charge in [-0.25, -0.2) is 0 Å². The number of hydrogen-bond acceptors (Lipinski definition) is 4. The minimum atomic E-state index is 0.590. The number of anilines is 1. The summed E-state index contributed by atoms with van der Waals surface area (Å²) in [4.78, 5) is 2.28. The van der Waals surface area contributed by atoms with E-state index in [1.807, 2.05) is 0 Å². The van der Waals surface area contributed by atoms with Gasteiger partial charge in [-0.15, -0.1) is 0 Å². The molecule has 1 aromatic rings. The first-order valence-corrected chi connectivity index (χ1v) is 6.42. The van der Waals surface area contributed by atoms with Crippen molar-refractivity contribution in [2.45, 2.75) is 13.5 Å². The molecule has 0 spiro atoms. The maximum Gasteiger partial charge on any atom is 0.0701 e. The highest BCUT2D eigenvalue weighted by atomic mass is 16.5. The molecule has 18 heavy (non-hydrogen) atoms. The van der Waals surface area contributed by atoms with Gasteiger partial charge in [0.15, 0.2) is 0 Å². The van der Waals surface area contributed by atoms with Crippen molar-refractivity contribution >= 4 is 5.69 Å². The molecular weight excluding hydrogens is 228 g/mol. The molecule has 0 fully saturated rings. The molecule has 1 rings (SSSR count). The van der Waals surface area contributed by atoms with Crippen molar-refractivity contribution in [2.24, 2.45) is 5.73 Å². The molecule has 0 radical (unpaired) electrons. The van der Waals surface area contributed by atoms with Crippen LogP contribution in [0, 0.1) is 0 Å². The first-order valence-electron chi connectivity index (χ1n) is 6.42. The molecule has 0 aliphatic rings. The van der Waals surface area contributed by atoms with Crippen molar-refractivity contribution in [3.8, 4) is 0 Å². The van der Waals surface area contributed by atoms with Crippen molar-refractivity contribution in [1.29, 1.82) is 0 Å². The van der Waals surface area contributed by atoms with Crippen LogP contribution in [0.5, 0.6) is 0 Å². The fourth-order valence-corrected chi connectivity index (χ4v) is 1.73. The van der Waals surface area contributed by atoms with E-state index in [1.54, 1.807) is 7.11 Å². The number of nitrogens with two attached hydrogens (primary N) is 1. The maximum absolute atomic E-state index is 5.59. The van der Waals surface area contributed by atoms with Gasteiger partial charge in [0.1, 0.15) is 0 Å². The maximum atomic E-state index is 5.59. The van der Waals surface area contributed by atoms with Crippen molar-refractivity contribution < 1.29 is 9.47 Å². The van der Waals surface area contributed by atoms with Crippen LogP contribution in [-0.4, -0.2) is 40.0 Å². The highest BCUT2D eigenvalue weighted by Gasteiger charge is 2.03. The van der Waals surface area contributed by atoms with Crippen molar-refractivity contribution in [2.75, 3.05) is 44.9 Å². The number of nitrogens with zero attached hydrogens (tertiary/aromatic N) is 1. The predicted octanol–water partition coefficient (Wildman–Crippen LogP) is 1.63. The second kappa shape index (κ2) is 8.91. The Kier molecular flexibility index (Phi) is 7.41. The Balaban J connectivity index is 2.39. The second-order valence-corrected chi connectivity index (χ2v) is 4.06. The van der Waals surface area contributed by atoms with Gasteiger partial charge in [-0.05, 0) is 24.6 Å². The van der Waals surface area contributed by atoms with Crippen LogP contribution in [0.15, 0.2) is 24.3 Å². The average molecular weight is 252 g/mol. The van der Waals surface area contributed by atoms with Crippen molar-refractivity contribution in [3.05, 3.63) is 29.8 Å². The molecular formula is C14H24N2O2. The fourth-order valence-electron chi connectivity index (χ4n) is 1.73. The minimum absolute atomic E-state index is 0.590. The van der Waals surface area contributed by atoms with Crippen LogP contribution < -0.4 is 10.6 Å². The Morgan fingerprint density at radius 2 is 1.83 bits per heavy atom. The van der Waals surface area contributed by atoms with E-state index < -0.39 is 0 Å². The standard InChI is InChI=1S/C14H24N2O2/c1-3-16(8-9-18-11-10-17-2)14-6-4-13(12-15)5-7-14/h4-7H,3,8-12,15H2,1-2H3. The molecule has 102 valence electrons. The number of rotatable bonds is 9. The molecule has 0 saturated carbocycles. The summed E-state index contributed by atoms with van der Waals surface area (Å²) in [6.07, 6.45) is 0. The third-order valence-corrected chi connectivity index (χ3v) is 2.86. The van der Waals surface area contributed by atoms with E-state index in [4.69, 9.17) is 15.2 Å². The number of methoxy groups -OCH3 is 1. The van der Waals surface area contributed by atoms with E-state index in [-0.39, 0.29) is 0 Å². The van der Waals surface area contributed by atoms with Crippen molar-refractivity contribution in [3.63, 3.8) is 0 Å². The number of hydrogen-bond donors (Lipinski definition) is 1. The molecule has 0 unspecified atom stereocenters. The quantitative estimate of drug-likeness (QED) is 0.679. The van der Waals surface area contributed by atoms with Gasteiger partial charge in [-0.3, -0.25) is 0 Å². The Morgan fingerprint density at radius 3 is 2.39 bits per heavy atom. The minimum Gasteiger partial charge on any atom is -0.382 e. The molecule has 0 heterocycles. The lowest BCUT2D eigenvalue weighted by atomic mass is 10.2. The summed E-state index contributed by atoms with van der Waals surface area (Å²) >= 11 is 0. The van der Waals surface area contributed by atoms with Gasteiger partial charge in [0.05, 0.1) is 19.8 Å². The number of ether oxygens (including phenoxy) is 2. The van der Waals surface area contributed by atoms with Gasteiger partial charge in [0, 0.05) is 32.4 Å². The number of benzene rings is 1. The van der Waals surface area contributed by atoms with Crippen LogP contribution >= 0.6 is 0 Å². The first-order chi connectivity index (χ1) is 8.81. The van der Waals surface area contributed by atoms with Gasteiger partial charge in [0.2, 0.25) is 0 Å². The molecule has 0 atom stereocenters.